The summed E-state index contributed by atoms with van der Waals surface area (Å²) in [7, 11) is 0. The number of rotatable bonds is 5. The van der Waals surface area contributed by atoms with Crippen LogP contribution in [0.2, 0.25) is 5.02 Å². The van der Waals surface area contributed by atoms with Gasteiger partial charge in [-0.3, -0.25) is 4.79 Å². The lowest BCUT2D eigenvalue weighted by molar-refractivity contribution is -0.115. The lowest BCUT2D eigenvalue weighted by Crippen LogP contribution is -2.17. The van der Waals surface area contributed by atoms with Crippen LogP contribution < -0.4 is 5.32 Å². The average molecular weight is 380 g/mol. The number of halogens is 1. The van der Waals surface area contributed by atoms with Gasteiger partial charge in [-0.1, -0.05) is 35.9 Å². The highest BCUT2D eigenvalue weighted by molar-refractivity contribution is 6.30. The molecule has 0 atom stereocenters. The molecule has 0 saturated heterocycles. The van der Waals surface area contributed by atoms with Crippen molar-refractivity contribution in [2.24, 2.45) is 0 Å². The van der Waals surface area contributed by atoms with Gasteiger partial charge in [0.2, 0.25) is 5.91 Å². The molecule has 0 spiro atoms. The summed E-state index contributed by atoms with van der Waals surface area (Å²) in [6, 6.07) is 15.3. The number of amides is 1. The van der Waals surface area contributed by atoms with Crippen LogP contribution in [0.5, 0.6) is 0 Å². The molecule has 1 N–H and O–H groups in total. The molecule has 0 aliphatic rings. The molecule has 2 heterocycles. The second kappa shape index (κ2) is 7.29. The molecule has 136 valence electrons. The van der Waals surface area contributed by atoms with Crippen molar-refractivity contribution in [1.82, 2.24) is 9.78 Å². The molecule has 0 aliphatic heterocycles. The predicted octanol–water partition coefficient (Wildman–Crippen LogP) is 4.82. The molecule has 0 radical (unpaired) electrons. The van der Waals surface area contributed by atoms with Gasteiger partial charge in [0.15, 0.2) is 0 Å². The number of aromatic nitrogens is 2. The topological polar surface area (TPSA) is 60.1 Å². The monoisotopic (exact) mass is 379 g/mol. The summed E-state index contributed by atoms with van der Waals surface area (Å²) in [5.74, 6) is 0.537. The number of fused-ring (bicyclic) bond motifs is 1. The van der Waals surface area contributed by atoms with Gasteiger partial charge in [-0.15, -0.1) is 0 Å². The molecule has 2 aromatic heterocycles. The van der Waals surface area contributed by atoms with E-state index in [9.17, 15) is 4.79 Å². The van der Waals surface area contributed by atoms with Crippen LogP contribution in [0.1, 0.15) is 16.7 Å². The minimum atomic E-state index is -0.115. The smallest absolute Gasteiger partial charge is 0.230 e. The van der Waals surface area contributed by atoms with Crippen molar-refractivity contribution >= 4 is 34.3 Å². The number of furan rings is 1. The van der Waals surface area contributed by atoms with Crippen molar-refractivity contribution in [1.29, 1.82) is 0 Å². The van der Waals surface area contributed by atoms with E-state index in [1.54, 1.807) is 23.2 Å². The predicted molar refractivity (Wildman–Crippen MR) is 106 cm³/mol. The summed E-state index contributed by atoms with van der Waals surface area (Å²) in [4.78, 5) is 12.5. The summed E-state index contributed by atoms with van der Waals surface area (Å²) in [5, 5.41) is 8.88. The van der Waals surface area contributed by atoms with Crippen molar-refractivity contribution in [3.63, 3.8) is 0 Å². The molecule has 4 rings (SSSR count). The van der Waals surface area contributed by atoms with Crippen molar-refractivity contribution < 1.29 is 9.21 Å². The fourth-order valence-corrected chi connectivity index (χ4v) is 3.14. The highest BCUT2D eigenvalue weighted by Crippen LogP contribution is 2.23. The molecule has 6 heteroatoms. The minimum Gasteiger partial charge on any atom is -0.464 e. The van der Waals surface area contributed by atoms with Gasteiger partial charge in [-0.2, -0.15) is 5.10 Å². The van der Waals surface area contributed by atoms with Crippen LogP contribution in [-0.2, 0) is 17.8 Å². The lowest BCUT2D eigenvalue weighted by atomic mass is 10.1. The molecule has 0 saturated carbocycles. The second-order valence-corrected chi connectivity index (χ2v) is 6.92. The summed E-state index contributed by atoms with van der Waals surface area (Å²) in [6.07, 6.45) is 3.55. The number of nitrogens with zero attached hydrogens (tertiary/aromatic N) is 2. The van der Waals surface area contributed by atoms with E-state index in [1.165, 1.54) is 0 Å². The van der Waals surface area contributed by atoms with E-state index >= 15 is 0 Å². The van der Waals surface area contributed by atoms with E-state index in [0.717, 1.165) is 27.7 Å². The zero-order valence-corrected chi connectivity index (χ0v) is 15.5. The van der Waals surface area contributed by atoms with E-state index < -0.39 is 0 Å². The molecule has 2 aromatic carbocycles. The van der Waals surface area contributed by atoms with Gasteiger partial charge >= 0.3 is 0 Å². The number of benzene rings is 2. The third-order valence-electron chi connectivity index (χ3n) is 4.39. The Bertz CT molecular complexity index is 1100. The Hall–Kier alpha value is -3.05. The van der Waals surface area contributed by atoms with E-state index in [0.29, 0.717) is 17.4 Å². The van der Waals surface area contributed by atoms with Gasteiger partial charge in [0, 0.05) is 22.0 Å². The normalized spacial score (nSPS) is 11.0. The third kappa shape index (κ3) is 3.88. The summed E-state index contributed by atoms with van der Waals surface area (Å²) in [6.45, 7) is 2.56. The van der Waals surface area contributed by atoms with Crippen LogP contribution in [-0.4, -0.2) is 15.7 Å². The second-order valence-electron chi connectivity index (χ2n) is 6.49. The Labute approximate surface area is 161 Å². The van der Waals surface area contributed by atoms with Crippen LogP contribution in [0.4, 0.5) is 5.82 Å². The summed E-state index contributed by atoms with van der Waals surface area (Å²) >= 11 is 5.92. The van der Waals surface area contributed by atoms with Crippen LogP contribution in [0.15, 0.2) is 65.4 Å². The number of nitrogens with one attached hydrogen (secondary N) is 1. The van der Waals surface area contributed by atoms with E-state index in [1.807, 2.05) is 49.4 Å². The average Bonchev–Trinajstić information content (AvgIpc) is 3.24. The maximum absolute atomic E-state index is 12.5. The number of carbonyl (C=O) groups is 1. The largest absolute Gasteiger partial charge is 0.464 e. The Morgan fingerprint density at radius 1 is 1.19 bits per heavy atom. The first kappa shape index (κ1) is 17.4. The maximum atomic E-state index is 12.5. The van der Waals surface area contributed by atoms with Gasteiger partial charge in [0.1, 0.15) is 11.4 Å². The van der Waals surface area contributed by atoms with Crippen molar-refractivity contribution in [3.05, 3.63) is 82.7 Å². The van der Waals surface area contributed by atoms with Crippen LogP contribution in [0.3, 0.4) is 0 Å². The quantitative estimate of drug-likeness (QED) is 0.540. The van der Waals surface area contributed by atoms with Crippen LogP contribution >= 0.6 is 11.6 Å². The van der Waals surface area contributed by atoms with E-state index in [2.05, 4.69) is 10.4 Å². The SMILES string of the molecule is Cc1ccc2c(CC(=O)Nc3ccnn3Cc3ccc(Cl)cc3)coc2c1. The molecule has 0 unspecified atom stereocenters. The highest BCUT2D eigenvalue weighted by atomic mass is 35.5. The third-order valence-corrected chi connectivity index (χ3v) is 4.64. The lowest BCUT2D eigenvalue weighted by Gasteiger charge is -2.09. The number of anilines is 1. The fraction of sp³-hybridized carbons (Fsp3) is 0.143. The van der Waals surface area contributed by atoms with Gasteiger partial charge < -0.3 is 9.73 Å². The molecule has 5 nitrogen and oxygen atoms in total. The summed E-state index contributed by atoms with van der Waals surface area (Å²) < 4.78 is 7.32. The molecule has 0 bridgehead atoms. The van der Waals surface area contributed by atoms with Gasteiger partial charge in [-0.05, 0) is 36.2 Å². The summed E-state index contributed by atoms with van der Waals surface area (Å²) in [5.41, 5.74) is 3.84. The van der Waals surface area contributed by atoms with E-state index in [4.69, 9.17) is 16.0 Å². The van der Waals surface area contributed by atoms with Gasteiger partial charge in [0.25, 0.3) is 0 Å². The minimum absolute atomic E-state index is 0.115. The Morgan fingerprint density at radius 3 is 2.81 bits per heavy atom. The van der Waals surface area contributed by atoms with Crippen LogP contribution in [0, 0.1) is 6.92 Å². The molecule has 0 fully saturated rings. The Morgan fingerprint density at radius 2 is 2.00 bits per heavy atom. The number of hydrogen-bond acceptors (Lipinski definition) is 3. The first-order valence-corrected chi connectivity index (χ1v) is 8.99. The maximum Gasteiger partial charge on any atom is 0.230 e. The van der Waals surface area contributed by atoms with Gasteiger partial charge in [-0.25, -0.2) is 4.68 Å². The molecular formula is C21H18ClN3O2. The number of hydrogen-bond donors (Lipinski definition) is 1. The molecular weight excluding hydrogens is 362 g/mol. The fourth-order valence-electron chi connectivity index (χ4n) is 3.01. The molecule has 27 heavy (non-hydrogen) atoms. The molecule has 0 aliphatic carbocycles. The zero-order valence-electron chi connectivity index (χ0n) is 14.8. The van der Waals surface area contributed by atoms with Crippen molar-refractivity contribution in [3.8, 4) is 0 Å². The first-order valence-electron chi connectivity index (χ1n) is 8.61. The number of carbonyl (C=O) groups excluding carboxylic acids is 1. The Kier molecular flexibility index (Phi) is 4.69. The highest BCUT2D eigenvalue weighted by Gasteiger charge is 2.13. The van der Waals surface area contributed by atoms with Crippen molar-refractivity contribution in [2.45, 2.75) is 19.9 Å². The van der Waals surface area contributed by atoms with E-state index in [-0.39, 0.29) is 12.3 Å². The zero-order chi connectivity index (χ0) is 18.8. The van der Waals surface area contributed by atoms with Gasteiger partial charge in [0.05, 0.1) is 25.4 Å². The number of aryl methyl sites for hydroxylation is 1. The molecule has 4 aromatic rings. The standard InChI is InChI=1S/C21H18ClN3O2/c1-14-2-7-18-16(13-27-19(18)10-14)11-21(26)24-20-8-9-23-25(20)12-15-3-5-17(22)6-4-15/h2-10,13H,11-12H2,1H3,(H,24,26). The Balaban J connectivity index is 1.47. The molecule has 1 amide bonds. The van der Waals surface area contributed by atoms with Crippen LogP contribution in [0.25, 0.3) is 11.0 Å². The van der Waals surface area contributed by atoms with Crippen molar-refractivity contribution in [2.75, 3.05) is 5.32 Å². The first-order chi connectivity index (χ1) is 13.1.